The molecule has 0 N–H and O–H groups in total. The summed E-state index contributed by atoms with van der Waals surface area (Å²) in [4.78, 5) is 0. The van der Waals surface area contributed by atoms with E-state index in [0.717, 1.165) is 11.2 Å². The highest BCUT2D eigenvalue weighted by Gasteiger charge is 2.11. The Bertz CT molecular complexity index is 732. The summed E-state index contributed by atoms with van der Waals surface area (Å²) in [7, 11) is 0. The van der Waals surface area contributed by atoms with Gasteiger partial charge in [-0.05, 0) is 42.5 Å². The van der Waals surface area contributed by atoms with E-state index in [1.54, 1.807) is 0 Å². The van der Waals surface area contributed by atoms with E-state index in [-0.39, 0.29) is 0 Å². The summed E-state index contributed by atoms with van der Waals surface area (Å²) in [6.07, 6.45) is 0. The maximum Gasteiger partial charge on any atom is 0.138 e. The highest BCUT2D eigenvalue weighted by Crippen LogP contribution is 2.33. The van der Waals surface area contributed by atoms with Crippen molar-refractivity contribution in [2.24, 2.45) is 0 Å². The number of hydrogen-bond acceptors (Lipinski definition) is 1. The molecule has 0 atom stereocenters. The third-order valence-corrected chi connectivity index (χ3v) is 3.85. The summed E-state index contributed by atoms with van der Waals surface area (Å²) in [6, 6.07) is 10.9. The summed E-state index contributed by atoms with van der Waals surface area (Å²) in [5.74, 6) is 0.533. The van der Waals surface area contributed by atoms with Crippen LogP contribution in [0.1, 0.15) is 36.5 Å². The molecule has 0 amide bonds. The smallest absolute Gasteiger partial charge is 0.138 e. The van der Waals surface area contributed by atoms with Gasteiger partial charge < -0.3 is 4.42 Å². The number of rotatable bonds is 1. The normalized spacial score (nSPS) is 11.8. The summed E-state index contributed by atoms with van der Waals surface area (Å²) >= 11 is 0. The lowest BCUT2D eigenvalue weighted by Gasteiger charge is -2.03. The van der Waals surface area contributed by atoms with Gasteiger partial charge in [-0.15, -0.1) is 0 Å². The third kappa shape index (κ3) is 1.54. The molecule has 3 rings (SSSR count). The van der Waals surface area contributed by atoms with Gasteiger partial charge in [0.05, 0.1) is 0 Å². The largest absolute Gasteiger partial charge is 0.456 e. The van der Waals surface area contributed by atoms with Gasteiger partial charge in [0, 0.05) is 10.8 Å². The molecule has 0 fully saturated rings. The second kappa shape index (κ2) is 3.88. The molecule has 0 aliphatic rings. The molecular weight excluding hydrogens is 220 g/mol. The molecule has 18 heavy (non-hydrogen) atoms. The van der Waals surface area contributed by atoms with E-state index >= 15 is 0 Å². The zero-order valence-electron chi connectivity index (χ0n) is 11.4. The molecule has 0 aliphatic heterocycles. The molecular formula is C17H18O. The first kappa shape index (κ1) is 11.3. The van der Waals surface area contributed by atoms with Gasteiger partial charge in [-0.2, -0.15) is 0 Å². The second-order valence-corrected chi connectivity index (χ2v) is 5.40. The maximum absolute atomic E-state index is 6.05. The van der Waals surface area contributed by atoms with Crippen LogP contribution in [0.4, 0.5) is 0 Å². The monoisotopic (exact) mass is 238 g/mol. The average molecular weight is 238 g/mol. The summed E-state index contributed by atoms with van der Waals surface area (Å²) in [5, 5.41) is 2.45. The average Bonchev–Trinajstić information content (AvgIpc) is 2.72. The van der Waals surface area contributed by atoms with E-state index in [0.29, 0.717) is 5.92 Å². The van der Waals surface area contributed by atoms with Gasteiger partial charge in [0.2, 0.25) is 0 Å². The van der Waals surface area contributed by atoms with Gasteiger partial charge in [0.15, 0.2) is 0 Å². The molecule has 1 aromatic heterocycles. The van der Waals surface area contributed by atoms with Crippen molar-refractivity contribution >= 4 is 21.9 Å². The third-order valence-electron chi connectivity index (χ3n) is 3.85. The lowest BCUT2D eigenvalue weighted by atomic mass is 10.0. The Morgan fingerprint density at radius 2 is 1.67 bits per heavy atom. The number of furan rings is 1. The minimum absolute atomic E-state index is 0.533. The zero-order chi connectivity index (χ0) is 12.9. The van der Waals surface area contributed by atoms with Gasteiger partial charge >= 0.3 is 0 Å². The van der Waals surface area contributed by atoms with Gasteiger partial charge in [-0.25, -0.2) is 0 Å². The Balaban J connectivity index is 2.39. The molecule has 2 aromatic carbocycles. The van der Waals surface area contributed by atoms with E-state index in [1.807, 2.05) is 0 Å². The molecule has 0 saturated heterocycles. The Labute approximate surface area is 107 Å². The van der Waals surface area contributed by atoms with Crippen molar-refractivity contribution < 1.29 is 4.42 Å². The number of aryl methyl sites for hydroxylation is 2. The van der Waals surface area contributed by atoms with Crippen molar-refractivity contribution in [1.82, 2.24) is 0 Å². The predicted octanol–water partition coefficient (Wildman–Crippen LogP) is 5.33. The van der Waals surface area contributed by atoms with Crippen LogP contribution in [-0.2, 0) is 0 Å². The van der Waals surface area contributed by atoms with E-state index in [2.05, 4.69) is 58.0 Å². The fourth-order valence-corrected chi connectivity index (χ4v) is 2.45. The maximum atomic E-state index is 6.05. The Hall–Kier alpha value is -1.76. The molecule has 0 unspecified atom stereocenters. The van der Waals surface area contributed by atoms with Crippen LogP contribution in [0.15, 0.2) is 34.7 Å². The van der Waals surface area contributed by atoms with Crippen molar-refractivity contribution in [2.45, 2.75) is 33.6 Å². The van der Waals surface area contributed by atoms with Crippen molar-refractivity contribution in [1.29, 1.82) is 0 Å². The van der Waals surface area contributed by atoms with Crippen LogP contribution < -0.4 is 0 Å². The van der Waals surface area contributed by atoms with Crippen molar-refractivity contribution in [3.05, 3.63) is 47.0 Å². The number of fused-ring (bicyclic) bond motifs is 3. The fraction of sp³-hybridized carbons (Fsp3) is 0.294. The first-order valence-electron chi connectivity index (χ1n) is 6.50. The highest BCUT2D eigenvalue weighted by atomic mass is 16.3. The number of benzene rings is 2. The minimum Gasteiger partial charge on any atom is -0.456 e. The molecule has 0 saturated carbocycles. The SMILES string of the molecule is Cc1ccc2c(oc3cc(C(C)C)ccc32)c1C. The molecule has 1 heterocycles. The van der Waals surface area contributed by atoms with Crippen molar-refractivity contribution in [3.63, 3.8) is 0 Å². The van der Waals surface area contributed by atoms with Gasteiger partial charge in [-0.3, -0.25) is 0 Å². The fourth-order valence-electron chi connectivity index (χ4n) is 2.45. The van der Waals surface area contributed by atoms with Crippen LogP contribution >= 0.6 is 0 Å². The van der Waals surface area contributed by atoms with Crippen LogP contribution in [-0.4, -0.2) is 0 Å². The standard InChI is InChI=1S/C17H18O/c1-10(2)13-6-8-14-15-7-5-11(3)12(4)17(15)18-16(14)9-13/h5-10H,1-4H3. The lowest BCUT2D eigenvalue weighted by Crippen LogP contribution is -1.85. The van der Waals surface area contributed by atoms with Crippen molar-refractivity contribution in [3.8, 4) is 0 Å². The molecule has 1 nitrogen and oxygen atoms in total. The van der Waals surface area contributed by atoms with Crippen LogP contribution in [0.2, 0.25) is 0 Å². The Morgan fingerprint density at radius 1 is 0.944 bits per heavy atom. The van der Waals surface area contributed by atoms with Crippen molar-refractivity contribution in [2.75, 3.05) is 0 Å². The Kier molecular flexibility index (Phi) is 2.44. The summed E-state index contributed by atoms with van der Waals surface area (Å²) in [5.41, 5.74) is 5.90. The van der Waals surface area contributed by atoms with Crippen LogP contribution in [0.25, 0.3) is 21.9 Å². The molecule has 0 radical (unpaired) electrons. The van der Waals surface area contributed by atoms with Crippen LogP contribution in [0.5, 0.6) is 0 Å². The van der Waals surface area contributed by atoms with E-state index in [4.69, 9.17) is 4.42 Å². The molecule has 0 aliphatic carbocycles. The topological polar surface area (TPSA) is 13.1 Å². The quantitative estimate of drug-likeness (QED) is 0.558. The van der Waals surface area contributed by atoms with Gasteiger partial charge in [0.1, 0.15) is 11.2 Å². The summed E-state index contributed by atoms with van der Waals surface area (Å²) in [6.45, 7) is 8.67. The van der Waals surface area contributed by atoms with Gasteiger partial charge in [0.25, 0.3) is 0 Å². The second-order valence-electron chi connectivity index (χ2n) is 5.40. The molecule has 0 bridgehead atoms. The minimum atomic E-state index is 0.533. The first-order chi connectivity index (χ1) is 8.58. The molecule has 92 valence electrons. The first-order valence-corrected chi connectivity index (χ1v) is 6.50. The lowest BCUT2D eigenvalue weighted by molar-refractivity contribution is 0.663. The molecule has 1 heteroatoms. The predicted molar refractivity (Wildman–Crippen MR) is 77.3 cm³/mol. The van der Waals surface area contributed by atoms with Crippen LogP contribution in [0.3, 0.4) is 0 Å². The Morgan fingerprint density at radius 3 is 2.39 bits per heavy atom. The number of hydrogen-bond donors (Lipinski definition) is 0. The summed E-state index contributed by atoms with van der Waals surface area (Å²) < 4.78 is 6.05. The van der Waals surface area contributed by atoms with E-state index in [9.17, 15) is 0 Å². The molecule has 3 aromatic rings. The van der Waals surface area contributed by atoms with E-state index in [1.165, 1.54) is 27.5 Å². The zero-order valence-corrected chi connectivity index (χ0v) is 11.4. The molecule has 0 spiro atoms. The highest BCUT2D eigenvalue weighted by molar-refractivity contribution is 6.06. The van der Waals surface area contributed by atoms with Crippen LogP contribution in [0, 0.1) is 13.8 Å². The van der Waals surface area contributed by atoms with E-state index < -0.39 is 0 Å². The van der Waals surface area contributed by atoms with Gasteiger partial charge in [-0.1, -0.05) is 38.1 Å².